The molecule has 3 aliphatic rings. The Labute approximate surface area is 336 Å². The van der Waals surface area contributed by atoms with Crippen LogP contribution in [0.15, 0.2) is 119 Å². The summed E-state index contributed by atoms with van der Waals surface area (Å²) in [7, 11) is 1.70. The number of hydrogen-bond donors (Lipinski definition) is 1. The molecule has 0 amide bonds. The van der Waals surface area contributed by atoms with Crippen LogP contribution in [-0.2, 0) is 30.5 Å². The van der Waals surface area contributed by atoms with Gasteiger partial charge in [0.1, 0.15) is 29.4 Å². The van der Waals surface area contributed by atoms with E-state index in [-0.39, 0.29) is 30.9 Å². The molecule has 302 valence electrons. The number of nitro groups is 1. The third-order valence-corrected chi connectivity index (χ3v) is 13.0. The Bertz CT molecular complexity index is 2270. The number of ether oxygens (including phenoxy) is 4. The van der Waals surface area contributed by atoms with Gasteiger partial charge in [0.25, 0.3) is 19.8 Å². The molecule has 4 aromatic carbocycles. The Balaban J connectivity index is 1.13. The van der Waals surface area contributed by atoms with Crippen molar-refractivity contribution in [3.8, 4) is 11.5 Å². The van der Waals surface area contributed by atoms with E-state index in [9.17, 15) is 19.7 Å². The fraction of sp³-hybridized carbons (Fsp3) is 0.349. The molecule has 6 atom stereocenters. The maximum atomic E-state index is 13.2. The first-order valence-corrected chi connectivity index (χ1v) is 20.4. The lowest BCUT2D eigenvalue weighted by molar-refractivity contribution is -0.384. The summed E-state index contributed by atoms with van der Waals surface area (Å²) < 4.78 is 42.4. The minimum absolute atomic E-state index is 0.0419. The lowest BCUT2D eigenvalue weighted by Gasteiger charge is -2.37. The molecule has 14 nitrogen and oxygen atoms in total. The van der Waals surface area contributed by atoms with Gasteiger partial charge in [0.2, 0.25) is 0 Å². The number of fused-ring (bicyclic) bond motifs is 1. The summed E-state index contributed by atoms with van der Waals surface area (Å²) in [5, 5.41) is 11.3. The number of nitro benzene ring substituents is 1. The van der Waals surface area contributed by atoms with Crippen LogP contribution in [0.1, 0.15) is 53.3 Å². The second-order valence-electron chi connectivity index (χ2n) is 14.7. The van der Waals surface area contributed by atoms with Crippen molar-refractivity contribution in [3.05, 3.63) is 168 Å². The van der Waals surface area contributed by atoms with E-state index in [0.29, 0.717) is 23.5 Å². The highest BCUT2D eigenvalue weighted by atomic mass is 31.2. The smallest absolute Gasteiger partial charge is 0.330 e. The number of non-ortho nitro benzene ring substituents is 1. The van der Waals surface area contributed by atoms with E-state index in [0.717, 1.165) is 41.6 Å². The largest absolute Gasteiger partial charge is 0.497 e. The molecule has 3 saturated heterocycles. The van der Waals surface area contributed by atoms with Gasteiger partial charge in [0, 0.05) is 49.3 Å². The van der Waals surface area contributed by atoms with Crippen LogP contribution in [0.4, 0.5) is 5.69 Å². The molecule has 0 saturated carbocycles. The number of aromatic nitrogens is 2. The fourth-order valence-electron chi connectivity index (χ4n) is 8.18. The van der Waals surface area contributed by atoms with Gasteiger partial charge >= 0.3 is 5.69 Å². The summed E-state index contributed by atoms with van der Waals surface area (Å²) >= 11 is 0. The van der Waals surface area contributed by atoms with Gasteiger partial charge in [0.15, 0.2) is 0 Å². The van der Waals surface area contributed by atoms with E-state index < -0.39 is 48.7 Å². The van der Waals surface area contributed by atoms with Gasteiger partial charge in [-0.2, -0.15) is 0 Å². The van der Waals surface area contributed by atoms with Gasteiger partial charge in [0.05, 0.1) is 38.0 Å². The van der Waals surface area contributed by atoms with Crippen molar-refractivity contribution in [1.82, 2.24) is 14.2 Å². The molecule has 0 aliphatic carbocycles. The molecule has 8 rings (SSSR count). The highest BCUT2D eigenvalue weighted by Crippen LogP contribution is 2.58. The SMILES string of the molecule is COc1ccc(C(OC[C@H]2O[C@@H](n3cc(C)c(=O)[nH]c3=O)C[C@@H]2O[P@@]2O[C@@H](Cc3ccc([N+](=O)[O-])cc3)[C@H]3CCCN32)(c2ccccc2)c2ccc(OC)cc2)cc1. The van der Waals surface area contributed by atoms with Crippen LogP contribution < -0.4 is 20.7 Å². The van der Waals surface area contributed by atoms with E-state index in [1.165, 1.54) is 22.9 Å². The first-order chi connectivity index (χ1) is 28.2. The van der Waals surface area contributed by atoms with Crippen molar-refractivity contribution in [2.24, 2.45) is 0 Å². The van der Waals surface area contributed by atoms with Crippen LogP contribution in [0.2, 0.25) is 0 Å². The fourth-order valence-corrected chi connectivity index (χ4v) is 10.2. The summed E-state index contributed by atoms with van der Waals surface area (Å²) in [6.45, 7) is 2.49. The number of nitrogens with zero attached hydrogens (tertiary/aromatic N) is 3. The Morgan fingerprint density at radius 3 is 2.14 bits per heavy atom. The third-order valence-electron chi connectivity index (χ3n) is 11.2. The number of H-pyrrole nitrogens is 1. The summed E-state index contributed by atoms with van der Waals surface area (Å²) in [5.41, 5.74) is 1.76. The summed E-state index contributed by atoms with van der Waals surface area (Å²) in [6.07, 6.45) is 2.11. The highest BCUT2D eigenvalue weighted by Gasteiger charge is 2.50. The van der Waals surface area contributed by atoms with Gasteiger partial charge in [-0.05, 0) is 66.3 Å². The zero-order valence-corrected chi connectivity index (χ0v) is 33.3. The second kappa shape index (κ2) is 16.9. The minimum Gasteiger partial charge on any atom is -0.497 e. The van der Waals surface area contributed by atoms with E-state index >= 15 is 0 Å². The van der Waals surface area contributed by atoms with E-state index in [2.05, 4.69) is 9.65 Å². The van der Waals surface area contributed by atoms with E-state index in [4.69, 9.17) is 28.0 Å². The van der Waals surface area contributed by atoms with Crippen LogP contribution in [0.3, 0.4) is 0 Å². The van der Waals surface area contributed by atoms with Crippen LogP contribution in [0, 0.1) is 17.0 Å². The van der Waals surface area contributed by atoms with Crippen molar-refractivity contribution < 1.29 is 32.9 Å². The van der Waals surface area contributed by atoms with Gasteiger partial charge in [-0.15, -0.1) is 0 Å². The lowest BCUT2D eigenvalue weighted by atomic mass is 9.80. The van der Waals surface area contributed by atoms with Crippen LogP contribution in [0.25, 0.3) is 0 Å². The first-order valence-electron chi connectivity index (χ1n) is 19.3. The topological polar surface area (TPSA) is 157 Å². The average Bonchev–Trinajstić information content (AvgIpc) is 3.98. The predicted molar refractivity (Wildman–Crippen MR) is 216 cm³/mol. The number of rotatable bonds is 14. The van der Waals surface area contributed by atoms with Crippen molar-refractivity contribution in [2.45, 2.75) is 68.8 Å². The molecule has 3 fully saturated rings. The molecular formula is C43H45N4O10P. The first kappa shape index (κ1) is 39.6. The summed E-state index contributed by atoms with van der Waals surface area (Å²) in [5.74, 6) is 1.40. The predicted octanol–water partition coefficient (Wildman–Crippen LogP) is 6.78. The number of hydrogen-bond acceptors (Lipinski definition) is 11. The van der Waals surface area contributed by atoms with Crippen LogP contribution in [0.5, 0.6) is 11.5 Å². The van der Waals surface area contributed by atoms with Crippen molar-refractivity contribution in [3.63, 3.8) is 0 Å². The number of nitrogens with one attached hydrogen (secondary N) is 1. The molecule has 58 heavy (non-hydrogen) atoms. The Morgan fingerprint density at radius 2 is 1.52 bits per heavy atom. The maximum Gasteiger partial charge on any atom is 0.330 e. The number of aryl methyl sites for hydroxylation is 1. The molecule has 3 aliphatic heterocycles. The summed E-state index contributed by atoms with van der Waals surface area (Å²) in [6, 6.07) is 32.2. The quantitative estimate of drug-likeness (QED) is 0.0546. The highest BCUT2D eigenvalue weighted by molar-refractivity contribution is 7.45. The zero-order valence-electron chi connectivity index (χ0n) is 32.4. The van der Waals surface area contributed by atoms with Crippen molar-refractivity contribution in [2.75, 3.05) is 27.4 Å². The zero-order chi connectivity index (χ0) is 40.4. The Hall–Kier alpha value is -5.21. The molecule has 5 aromatic rings. The summed E-state index contributed by atoms with van der Waals surface area (Å²) in [4.78, 5) is 38.8. The Morgan fingerprint density at radius 1 is 0.879 bits per heavy atom. The normalized spacial score (nSPS) is 23.2. The third kappa shape index (κ3) is 7.83. The number of benzene rings is 4. The average molecular weight is 809 g/mol. The van der Waals surface area contributed by atoms with Gasteiger partial charge in [-0.25, -0.2) is 9.46 Å². The van der Waals surface area contributed by atoms with Crippen LogP contribution >= 0.6 is 8.53 Å². The molecule has 0 bridgehead atoms. The van der Waals surface area contributed by atoms with Crippen LogP contribution in [-0.4, -0.2) is 70.9 Å². The van der Waals surface area contributed by atoms with E-state index in [1.54, 1.807) is 33.3 Å². The van der Waals surface area contributed by atoms with Gasteiger partial charge < -0.3 is 28.0 Å². The molecule has 4 heterocycles. The Kier molecular flexibility index (Phi) is 11.6. The lowest BCUT2D eigenvalue weighted by Crippen LogP contribution is -2.38. The molecule has 0 radical (unpaired) electrons. The minimum atomic E-state index is -1.55. The van der Waals surface area contributed by atoms with Gasteiger partial charge in [-0.1, -0.05) is 66.7 Å². The second-order valence-corrected chi connectivity index (χ2v) is 16.1. The molecule has 1 N–H and O–H groups in total. The van der Waals surface area contributed by atoms with Crippen molar-refractivity contribution in [1.29, 1.82) is 0 Å². The molecule has 0 unspecified atom stereocenters. The molecule has 15 heteroatoms. The molecular weight excluding hydrogens is 763 g/mol. The molecule has 0 spiro atoms. The number of methoxy groups -OCH3 is 2. The number of aromatic amines is 1. The maximum absolute atomic E-state index is 13.2. The standard InChI is InChI=1S/C43H45N4O10P/c1-28-26-45(42(49)44-41(28)48)40-25-38(57-58-46-23-7-10-36(46)37(56-58)24-29-11-17-33(18-12-29)47(50)51)39(55-40)27-54-43(30-8-5-4-6-9-30,31-13-19-34(52-2)20-14-31)32-15-21-35(53-3)22-16-32/h4-6,8-9,11-22,26,36-40H,7,10,23-25,27H2,1-3H3,(H,44,48,49)/t36-,37+,38+,39-,40-,58-/m1/s1. The van der Waals surface area contributed by atoms with Crippen molar-refractivity contribution >= 4 is 14.2 Å². The van der Waals surface area contributed by atoms with Gasteiger partial charge in [-0.3, -0.25) is 24.5 Å². The monoisotopic (exact) mass is 808 g/mol. The van der Waals surface area contributed by atoms with E-state index in [1.807, 2.05) is 78.9 Å². The molecule has 1 aromatic heterocycles.